The molecule has 0 radical (unpaired) electrons. The molecular formula is C34H68N2O8. The summed E-state index contributed by atoms with van der Waals surface area (Å²) in [6.45, 7) is 2.27. The van der Waals surface area contributed by atoms with Crippen molar-refractivity contribution in [3.8, 4) is 0 Å². The summed E-state index contributed by atoms with van der Waals surface area (Å²) in [6, 6.07) is 0. The Morgan fingerprint density at radius 1 is 0.500 bits per heavy atom. The number of hydrogen-bond acceptors (Lipinski definition) is 8. The number of carboxylic acid groups (broad SMARTS) is 2. The van der Waals surface area contributed by atoms with E-state index in [2.05, 4.69) is 16.4 Å². The summed E-state index contributed by atoms with van der Waals surface area (Å²) in [7, 11) is 1.84. The van der Waals surface area contributed by atoms with Gasteiger partial charge in [0.15, 0.2) is 0 Å². The van der Waals surface area contributed by atoms with Crippen LogP contribution in [-0.2, 0) is 28.7 Å². The highest BCUT2D eigenvalue weighted by atomic mass is 16.6. The van der Waals surface area contributed by atoms with Crippen molar-refractivity contribution >= 4 is 23.9 Å². The molecule has 10 nitrogen and oxygen atoms in total. The Morgan fingerprint density at radius 2 is 0.750 bits per heavy atom. The molecule has 0 aromatic heterocycles. The monoisotopic (exact) mass is 632 g/mol. The zero-order valence-electron chi connectivity index (χ0n) is 28.5. The van der Waals surface area contributed by atoms with Gasteiger partial charge < -0.3 is 32.0 Å². The molecule has 0 saturated heterocycles. The lowest BCUT2D eigenvalue weighted by Gasteiger charge is -2.29. The van der Waals surface area contributed by atoms with Crippen molar-refractivity contribution in [3.05, 3.63) is 0 Å². The molecule has 0 bridgehead atoms. The third-order valence-electron chi connectivity index (χ3n) is 8.52. The van der Waals surface area contributed by atoms with Crippen LogP contribution >= 0.6 is 0 Å². The number of carbonyl (C=O) groups excluding carboxylic acids is 2. The van der Waals surface area contributed by atoms with Gasteiger partial charge >= 0.3 is 23.9 Å². The van der Waals surface area contributed by atoms with Gasteiger partial charge in [0.05, 0.1) is 20.1 Å². The van der Waals surface area contributed by atoms with Crippen molar-refractivity contribution < 1.29 is 38.9 Å². The van der Waals surface area contributed by atoms with Gasteiger partial charge in [-0.2, -0.15) is 0 Å². The molecule has 0 aliphatic carbocycles. The third kappa shape index (κ3) is 19.2. The minimum Gasteiger partial charge on any atom is -0.481 e. The van der Waals surface area contributed by atoms with Gasteiger partial charge in [-0.3, -0.25) is 19.2 Å². The first-order valence-corrected chi connectivity index (χ1v) is 16.9. The van der Waals surface area contributed by atoms with E-state index in [4.69, 9.17) is 0 Å². The molecule has 1 atom stereocenters. The molecule has 0 aromatic carbocycles. The number of aliphatic carboxylic acids is 2. The predicted molar refractivity (Wildman–Crippen MR) is 176 cm³/mol. The lowest BCUT2D eigenvalue weighted by molar-refractivity contribution is -0.189. The van der Waals surface area contributed by atoms with E-state index in [0.717, 1.165) is 33.5 Å². The Labute approximate surface area is 268 Å². The zero-order chi connectivity index (χ0) is 31.5. The summed E-state index contributed by atoms with van der Waals surface area (Å²) in [5.74, 6) is -8.05. The maximum absolute atomic E-state index is 12.3. The van der Waals surface area contributed by atoms with Crippen LogP contribution in [0.25, 0.3) is 0 Å². The van der Waals surface area contributed by atoms with Crippen molar-refractivity contribution in [1.82, 2.24) is 12.3 Å². The highest BCUT2D eigenvalue weighted by molar-refractivity contribution is 6.19. The van der Waals surface area contributed by atoms with Gasteiger partial charge in [-0.25, -0.2) is 0 Å². The number of unbranched alkanes of at least 4 members (excludes halogenated alkanes) is 23. The maximum atomic E-state index is 12.3. The van der Waals surface area contributed by atoms with Crippen LogP contribution in [-0.4, -0.2) is 48.3 Å². The van der Waals surface area contributed by atoms with Gasteiger partial charge in [0.1, 0.15) is 0 Å². The lowest BCUT2D eigenvalue weighted by Crippen LogP contribution is -2.55. The van der Waals surface area contributed by atoms with E-state index >= 15 is 0 Å². The van der Waals surface area contributed by atoms with E-state index < -0.39 is 35.2 Å². The van der Waals surface area contributed by atoms with Crippen LogP contribution in [0.4, 0.5) is 0 Å². The second-order valence-corrected chi connectivity index (χ2v) is 11.9. The molecule has 0 heterocycles. The van der Waals surface area contributed by atoms with Gasteiger partial charge in [-0.05, 0) is 6.42 Å². The third-order valence-corrected chi connectivity index (χ3v) is 8.52. The van der Waals surface area contributed by atoms with E-state index in [9.17, 15) is 29.4 Å². The fraction of sp³-hybridized carbons (Fsp3) is 0.882. The molecule has 262 valence electrons. The molecule has 0 aliphatic rings. The van der Waals surface area contributed by atoms with E-state index in [1.807, 2.05) is 0 Å². The Morgan fingerprint density at radius 3 is 0.955 bits per heavy atom. The highest BCUT2D eigenvalue weighted by Crippen LogP contribution is 2.36. The first kappa shape index (κ1) is 46.2. The quantitative estimate of drug-likeness (QED) is 0.0336. The minimum absolute atomic E-state index is 0. The van der Waals surface area contributed by atoms with Crippen molar-refractivity contribution in [3.63, 3.8) is 0 Å². The summed E-state index contributed by atoms with van der Waals surface area (Å²) in [4.78, 5) is 48.4. The van der Waals surface area contributed by atoms with Gasteiger partial charge in [-0.1, -0.05) is 161 Å². The Bertz CT molecular complexity index is 716. The van der Waals surface area contributed by atoms with Crippen molar-refractivity contribution in [2.45, 2.75) is 167 Å². The molecule has 44 heavy (non-hydrogen) atoms. The van der Waals surface area contributed by atoms with Crippen LogP contribution in [0.3, 0.4) is 0 Å². The van der Waals surface area contributed by atoms with E-state index in [0.29, 0.717) is 12.8 Å². The molecule has 0 amide bonds. The van der Waals surface area contributed by atoms with Crippen molar-refractivity contribution in [2.75, 3.05) is 14.2 Å². The van der Waals surface area contributed by atoms with E-state index in [-0.39, 0.29) is 18.7 Å². The minimum atomic E-state index is -2.91. The largest absolute Gasteiger partial charge is 0.481 e. The number of esters is 2. The highest BCUT2D eigenvalue weighted by Gasteiger charge is 2.63. The molecule has 8 N–H and O–H groups in total. The molecule has 0 rings (SSSR count). The molecule has 0 aliphatic heterocycles. The van der Waals surface area contributed by atoms with Crippen LogP contribution in [0.5, 0.6) is 0 Å². The van der Waals surface area contributed by atoms with Crippen LogP contribution in [0.1, 0.15) is 167 Å². The second-order valence-electron chi connectivity index (χ2n) is 11.9. The van der Waals surface area contributed by atoms with Gasteiger partial charge in [0, 0.05) is 0 Å². The number of ether oxygens (including phenoxy) is 2. The Balaban J connectivity index is -0.00000840. The normalized spacial score (nSPS) is 11.6. The Hall–Kier alpha value is -2.20. The molecule has 0 aromatic rings. The maximum Gasteiger partial charge on any atom is 0.335 e. The Kier molecular flexibility index (Phi) is 32.4. The fourth-order valence-corrected chi connectivity index (χ4v) is 5.85. The fourth-order valence-electron chi connectivity index (χ4n) is 5.85. The van der Waals surface area contributed by atoms with Crippen LogP contribution in [0.2, 0.25) is 0 Å². The second kappa shape index (κ2) is 30.8. The molecule has 0 saturated carbocycles. The molecule has 1 unspecified atom stereocenters. The lowest BCUT2D eigenvalue weighted by atomic mass is 9.72. The SMILES string of the molecule is CCCCCCCCCCCCCCCCCCCCCCCCCCC(C(=O)O)C(C(=O)O)(C(=O)OC)C(=O)OC.N.N. The van der Waals surface area contributed by atoms with Crippen LogP contribution in [0, 0.1) is 11.3 Å². The smallest absolute Gasteiger partial charge is 0.335 e. The van der Waals surface area contributed by atoms with Gasteiger partial charge in [0.2, 0.25) is 0 Å². The summed E-state index contributed by atoms with van der Waals surface area (Å²) in [5, 5.41) is 19.3. The van der Waals surface area contributed by atoms with Crippen molar-refractivity contribution in [2.24, 2.45) is 11.3 Å². The summed E-state index contributed by atoms with van der Waals surface area (Å²) in [5.41, 5.74) is -2.91. The summed E-state index contributed by atoms with van der Waals surface area (Å²) in [6.07, 6.45) is 29.9. The molecule has 0 fully saturated rings. The first-order chi connectivity index (χ1) is 20.3. The average molecular weight is 633 g/mol. The number of carbonyl (C=O) groups is 4. The van der Waals surface area contributed by atoms with E-state index in [1.165, 1.54) is 122 Å². The molecular weight excluding hydrogens is 564 g/mol. The number of hydrogen-bond donors (Lipinski definition) is 4. The van der Waals surface area contributed by atoms with Crippen LogP contribution < -0.4 is 12.3 Å². The van der Waals surface area contributed by atoms with E-state index in [1.54, 1.807) is 0 Å². The number of methoxy groups -OCH3 is 2. The zero-order valence-corrected chi connectivity index (χ0v) is 28.5. The van der Waals surface area contributed by atoms with Gasteiger partial charge in [0.25, 0.3) is 5.41 Å². The summed E-state index contributed by atoms with van der Waals surface area (Å²) < 4.78 is 9.01. The standard InChI is InChI=1S/C34H62O8.2H3N/c1-4-5-6-7-8-9-10-11-12-13-14-15-16-17-18-19-20-21-22-23-24-25-26-27-28-29(30(35)36)34(31(37)38,32(39)41-2)33(40)42-3;;/h29H,4-28H2,1-3H3,(H,35,36)(H,37,38);2*1H3. The van der Waals surface area contributed by atoms with Crippen molar-refractivity contribution in [1.29, 1.82) is 0 Å². The number of rotatable bonds is 30. The topological polar surface area (TPSA) is 197 Å². The van der Waals surface area contributed by atoms with Crippen LogP contribution in [0.15, 0.2) is 0 Å². The molecule has 0 spiro atoms. The molecule has 10 heteroatoms. The first-order valence-electron chi connectivity index (χ1n) is 16.9. The predicted octanol–water partition coefficient (Wildman–Crippen LogP) is 9.20. The number of carboxylic acids is 2. The summed E-state index contributed by atoms with van der Waals surface area (Å²) >= 11 is 0. The van der Waals surface area contributed by atoms with Gasteiger partial charge in [-0.15, -0.1) is 0 Å². The average Bonchev–Trinajstić information content (AvgIpc) is 2.97.